The summed E-state index contributed by atoms with van der Waals surface area (Å²) in [6.45, 7) is 0.526. The number of benzene rings is 2. The molecule has 5 nitrogen and oxygen atoms in total. The van der Waals surface area contributed by atoms with Gasteiger partial charge in [0.2, 0.25) is 6.41 Å². The third-order valence-corrected chi connectivity index (χ3v) is 5.49. The Morgan fingerprint density at radius 3 is 2.52 bits per heavy atom. The summed E-state index contributed by atoms with van der Waals surface area (Å²) in [4.78, 5) is 16.1. The van der Waals surface area contributed by atoms with Crippen LogP contribution in [0.4, 0.5) is 11.5 Å². The van der Waals surface area contributed by atoms with E-state index in [1.54, 1.807) is 0 Å². The van der Waals surface area contributed by atoms with Crippen LogP contribution in [0.5, 0.6) is 0 Å². The lowest BCUT2D eigenvalue weighted by Gasteiger charge is -2.30. The first-order chi connectivity index (χ1) is 13.2. The summed E-state index contributed by atoms with van der Waals surface area (Å²) < 4.78 is 0. The standard InChI is InChI=1S/C22H24N4O/c23-14-16-7-9-17(10-8-16)25-21-13-19(18-5-1-2-6-20(18)26-21)22(24-15-27)11-3-4-12-22/h1-2,5-10,13,15H,3-4,11-12,14,23H2,(H,24,27)(H,25,26). The monoisotopic (exact) mass is 360 g/mol. The van der Waals surface area contributed by atoms with Crippen molar-refractivity contribution in [3.8, 4) is 0 Å². The Balaban J connectivity index is 1.79. The lowest BCUT2D eigenvalue weighted by Crippen LogP contribution is -2.39. The number of rotatable bonds is 6. The smallest absolute Gasteiger partial charge is 0.207 e. The molecule has 0 aliphatic heterocycles. The summed E-state index contributed by atoms with van der Waals surface area (Å²) in [5.74, 6) is 0.781. The molecule has 1 aliphatic rings. The Hall–Kier alpha value is -2.92. The van der Waals surface area contributed by atoms with Crippen LogP contribution in [0.2, 0.25) is 0 Å². The van der Waals surface area contributed by atoms with Gasteiger partial charge in [-0.15, -0.1) is 0 Å². The Morgan fingerprint density at radius 2 is 1.81 bits per heavy atom. The molecular formula is C22H24N4O. The number of pyridine rings is 1. The molecule has 0 unspecified atom stereocenters. The van der Waals surface area contributed by atoms with E-state index in [9.17, 15) is 4.79 Å². The molecule has 1 saturated carbocycles. The number of carbonyl (C=O) groups is 1. The van der Waals surface area contributed by atoms with Gasteiger partial charge in [0.1, 0.15) is 5.82 Å². The van der Waals surface area contributed by atoms with E-state index in [1.165, 1.54) is 0 Å². The number of aromatic nitrogens is 1. The molecule has 1 amide bonds. The Kier molecular flexibility index (Phi) is 4.77. The van der Waals surface area contributed by atoms with Gasteiger partial charge in [0.05, 0.1) is 11.1 Å². The average molecular weight is 360 g/mol. The molecule has 4 rings (SSSR count). The molecule has 138 valence electrons. The van der Waals surface area contributed by atoms with Crippen molar-refractivity contribution in [2.45, 2.75) is 37.8 Å². The summed E-state index contributed by atoms with van der Waals surface area (Å²) in [5, 5.41) is 7.62. The number of nitrogens with two attached hydrogens (primary N) is 1. The number of nitrogens with one attached hydrogen (secondary N) is 2. The maximum Gasteiger partial charge on any atom is 0.207 e. The fraction of sp³-hybridized carbons (Fsp3) is 0.273. The minimum absolute atomic E-state index is 0.315. The quantitative estimate of drug-likeness (QED) is 0.582. The molecular weight excluding hydrogens is 336 g/mol. The van der Waals surface area contributed by atoms with Crippen LogP contribution in [0.15, 0.2) is 54.6 Å². The van der Waals surface area contributed by atoms with Gasteiger partial charge in [-0.3, -0.25) is 4.79 Å². The molecule has 3 aromatic rings. The third kappa shape index (κ3) is 3.38. The fourth-order valence-corrected chi connectivity index (χ4v) is 4.09. The van der Waals surface area contributed by atoms with E-state index < -0.39 is 0 Å². The van der Waals surface area contributed by atoms with E-state index in [1.807, 2.05) is 42.5 Å². The zero-order valence-electron chi connectivity index (χ0n) is 15.2. The van der Waals surface area contributed by atoms with E-state index in [0.29, 0.717) is 6.54 Å². The summed E-state index contributed by atoms with van der Waals surface area (Å²) in [5.41, 5.74) is 9.48. The first kappa shape index (κ1) is 17.5. The van der Waals surface area contributed by atoms with Crippen LogP contribution in [-0.2, 0) is 16.9 Å². The molecule has 0 bridgehead atoms. The Bertz CT molecular complexity index is 946. The van der Waals surface area contributed by atoms with Crippen LogP contribution in [0.3, 0.4) is 0 Å². The molecule has 0 spiro atoms. The zero-order valence-corrected chi connectivity index (χ0v) is 15.2. The second-order valence-electron chi connectivity index (χ2n) is 7.15. The topological polar surface area (TPSA) is 80.0 Å². The predicted octanol–water partition coefficient (Wildman–Crippen LogP) is 3.95. The maximum absolute atomic E-state index is 11.4. The molecule has 1 aliphatic carbocycles. The number of carbonyl (C=O) groups excluding carboxylic acids is 1. The fourth-order valence-electron chi connectivity index (χ4n) is 4.09. The van der Waals surface area contributed by atoms with E-state index >= 15 is 0 Å². The molecule has 27 heavy (non-hydrogen) atoms. The van der Waals surface area contributed by atoms with Crippen molar-refractivity contribution in [2.24, 2.45) is 5.73 Å². The van der Waals surface area contributed by atoms with Crippen molar-refractivity contribution in [2.75, 3.05) is 5.32 Å². The predicted molar refractivity (Wildman–Crippen MR) is 109 cm³/mol. The van der Waals surface area contributed by atoms with Gasteiger partial charge < -0.3 is 16.4 Å². The van der Waals surface area contributed by atoms with Crippen molar-refractivity contribution in [3.63, 3.8) is 0 Å². The third-order valence-electron chi connectivity index (χ3n) is 5.49. The highest BCUT2D eigenvalue weighted by atomic mass is 16.1. The summed E-state index contributed by atoms with van der Waals surface area (Å²) in [6, 6.07) is 18.2. The van der Waals surface area contributed by atoms with Gasteiger partial charge in [-0.05, 0) is 48.2 Å². The van der Waals surface area contributed by atoms with Crippen LogP contribution < -0.4 is 16.4 Å². The van der Waals surface area contributed by atoms with Crippen LogP contribution in [0, 0.1) is 0 Å². The highest BCUT2D eigenvalue weighted by Gasteiger charge is 2.36. The summed E-state index contributed by atoms with van der Waals surface area (Å²) in [7, 11) is 0. The number of fused-ring (bicyclic) bond motifs is 1. The number of hydrogen-bond acceptors (Lipinski definition) is 4. The average Bonchev–Trinajstić information content (AvgIpc) is 3.18. The first-order valence-electron chi connectivity index (χ1n) is 9.42. The van der Waals surface area contributed by atoms with E-state index in [-0.39, 0.29) is 5.54 Å². The van der Waals surface area contributed by atoms with Crippen LogP contribution in [0.25, 0.3) is 10.9 Å². The minimum atomic E-state index is -0.315. The number of nitrogens with zero attached hydrogens (tertiary/aromatic N) is 1. The van der Waals surface area contributed by atoms with Gasteiger partial charge in [0.25, 0.3) is 0 Å². The van der Waals surface area contributed by atoms with Gasteiger partial charge in [0.15, 0.2) is 0 Å². The van der Waals surface area contributed by atoms with Crippen molar-refractivity contribution < 1.29 is 4.79 Å². The number of anilines is 2. The molecule has 0 radical (unpaired) electrons. The van der Waals surface area contributed by atoms with Gasteiger partial charge >= 0.3 is 0 Å². The highest BCUT2D eigenvalue weighted by molar-refractivity contribution is 5.86. The first-order valence-corrected chi connectivity index (χ1v) is 9.42. The Labute approximate surface area is 159 Å². The second-order valence-corrected chi connectivity index (χ2v) is 7.15. The van der Waals surface area contributed by atoms with Crippen LogP contribution in [0.1, 0.15) is 36.8 Å². The van der Waals surface area contributed by atoms with E-state index in [0.717, 1.165) is 65.6 Å². The normalized spacial score (nSPS) is 15.6. The SMILES string of the molecule is NCc1ccc(Nc2cc(C3(NC=O)CCCC3)c3ccccc3n2)cc1. The lowest BCUT2D eigenvalue weighted by atomic mass is 9.86. The van der Waals surface area contributed by atoms with Crippen LogP contribution >= 0.6 is 0 Å². The second kappa shape index (κ2) is 7.37. The minimum Gasteiger partial charge on any atom is -0.349 e. The largest absolute Gasteiger partial charge is 0.349 e. The molecule has 2 aromatic carbocycles. The van der Waals surface area contributed by atoms with Crippen molar-refractivity contribution >= 4 is 28.8 Å². The van der Waals surface area contributed by atoms with Gasteiger partial charge in [0, 0.05) is 17.6 Å². The van der Waals surface area contributed by atoms with Crippen molar-refractivity contribution in [1.29, 1.82) is 0 Å². The van der Waals surface area contributed by atoms with Crippen molar-refractivity contribution in [1.82, 2.24) is 10.3 Å². The molecule has 5 heteroatoms. The number of para-hydroxylation sites is 1. The maximum atomic E-state index is 11.4. The van der Waals surface area contributed by atoms with E-state index in [4.69, 9.17) is 10.7 Å². The van der Waals surface area contributed by atoms with Crippen molar-refractivity contribution in [3.05, 3.63) is 65.7 Å². The number of hydrogen-bond donors (Lipinski definition) is 3. The highest BCUT2D eigenvalue weighted by Crippen LogP contribution is 2.42. The molecule has 4 N–H and O–H groups in total. The molecule has 0 atom stereocenters. The molecule has 0 saturated heterocycles. The summed E-state index contributed by atoms with van der Waals surface area (Å²) >= 11 is 0. The molecule has 1 aromatic heterocycles. The Morgan fingerprint density at radius 1 is 1.07 bits per heavy atom. The van der Waals surface area contributed by atoms with Crippen LogP contribution in [-0.4, -0.2) is 11.4 Å². The molecule has 1 fully saturated rings. The summed E-state index contributed by atoms with van der Waals surface area (Å²) in [6.07, 6.45) is 4.95. The number of amides is 1. The van der Waals surface area contributed by atoms with E-state index in [2.05, 4.69) is 22.8 Å². The van der Waals surface area contributed by atoms with Gasteiger partial charge in [-0.1, -0.05) is 43.2 Å². The lowest BCUT2D eigenvalue weighted by molar-refractivity contribution is -0.111. The molecule has 1 heterocycles. The van der Waals surface area contributed by atoms with Gasteiger partial charge in [-0.25, -0.2) is 4.98 Å². The zero-order chi connectivity index (χ0) is 18.7. The van der Waals surface area contributed by atoms with Gasteiger partial charge in [-0.2, -0.15) is 0 Å².